The third kappa shape index (κ3) is 5.00. The lowest BCUT2D eigenvalue weighted by molar-refractivity contribution is -0.139. The molecule has 6 nitrogen and oxygen atoms in total. The van der Waals surface area contributed by atoms with E-state index in [1.54, 1.807) is 6.92 Å². The summed E-state index contributed by atoms with van der Waals surface area (Å²) < 4.78 is 11.2. The van der Waals surface area contributed by atoms with Crippen molar-refractivity contribution in [3.63, 3.8) is 0 Å². The van der Waals surface area contributed by atoms with Crippen molar-refractivity contribution in [2.45, 2.75) is 39.2 Å². The number of amides is 2. The Labute approximate surface area is 177 Å². The molecule has 30 heavy (non-hydrogen) atoms. The summed E-state index contributed by atoms with van der Waals surface area (Å²) in [6, 6.07) is 16.1. The van der Waals surface area contributed by atoms with Crippen LogP contribution in [0, 0.1) is 0 Å². The molecule has 2 amide bonds. The van der Waals surface area contributed by atoms with Crippen molar-refractivity contribution in [3.05, 3.63) is 77.0 Å². The summed E-state index contributed by atoms with van der Waals surface area (Å²) in [4.78, 5) is 25.0. The number of esters is 1. The Morgan fingerprint density at radius 1 is 1.03 bits per heavy atom. The van der Waals surface area contributed by atoms with Gasteiger partial charge in [-0.1, -0.05) is 63.2 Å². The molecule has 2 aromatic rings. The van der Waals surface area contributed by atoms with Crippen LogP contribution in [0.2, 0.25) is 0 Å². The van der Waals surface area contributed by atoms with Crippen LogP contribution in [-0.4, -0.2) is 25.2 Å². The second-order valence-electron chi connectivity index (χ2n) is 8.12. The quantitative estimate of drug-likeness (QED) is 0.701. The minimum atomic E-state index is -0.610. The fourth-order valence-corrected chi connectivity index (χ4v) is 3.28. The topological polar surface area (TPSA) is 76.7 Å². The van der Waals surface area contributed by atoms with Crippen LogP contribution in [0.1, 0.15) is 44.9 Å². The molecule has 0 bridgehead atoms. The van der Waals surface area contributed by atoms with E-state index in [1.807, 2.05) is 54.6 Å². The SMILES string of the molecule is CCOC(=O)C1=C(COc2ccc(C(C)(C)C)cc2)NC(=O)N[C@@H]1c1ccccc1. The number of carbonyl (C=O) groups is 2. The highest BCUT2D eigenvalue weighted by molar-refractivity contribution is 5.95. The molecule has 0 saturated carbocycles. The summed E-state index contributed by atoms with van der Waals surface area (Å²) in [6.07, 6.45) is 0. The zero-order valence-corrected chi connectivity index (χ0v) is 17.8. The minimum absolute atomic E-state index is 0.0414. The van der Waals surface area contributed by atoms with E-state index in [-0.39, 0.29) is 18.6 Å². The summed E-state index contributed by atoms with van der Waals surface area (Å²) in [7, 11) is 0. The fourth-order valence-electron chi connectivity index (χ4n) is 3.28. The first-order valence-corrected chi connectivity index (χ1v) is 10.1. The maximum Gasteiger partial charge on any atom is 0.338 e. The van der Waals surface area contributed by atoms with Gasteiger partial charge in [-0.3, -0.25) is 0 Å². The summed E-state index contributed by atoms with van der Waals surface area (Å²) in [5.41, 5.74) is 2.77. The normalized spacial score (nSPS) is 16.5. The lowest BCUT2D eigenvalue weighted by Crippen LogP contribution is -2.47. The van der Waals surface area contributed by atoms with Gasteiger partial charge in [0, 0.05) is 0 Å². The lowest BCUT2D eigenvalue weighted by Gasteiger charge is -2.29. The maximum atomic E-state index is 12.7. The molecule has 0 radical (unpaired) electrons. The highest BCUT2D eigenvalue weighted by atomic mass is 16.5. The molecule has 1 aliphatic rings. The summed E-state index contributed by atoms with van der Waals surface area (Å²) in [5, 5.41) is 5.53. The molecule has 158 valence electrons. The number of benzene rings is 2. The van der Waals surface area contributed by atoms with Gasteiger partial charge in [0.15, 0.2) is 0 Å². The molecule has 0 spiro atoms. The lowest BCUT2D eigenvalue weighted by atomic mass is 9.87. The number of rotatable bonds is 6. The summed E-state index contributed by atoms with van der Waals surface area (Å²) in [6.45, 7) is 8.46. The molecule has 6 heteroatoms. The van der Waals surface area contributed by atoms with Gasteiger partial charge in [-0.2, -0.15) is 0 Å². The largest absolute Gasteiger partial charge is 0.487 e. The first-order valence-electron chi connectivity index (χ1n) is 10.1. The predicted molar refractivity (Wildman–Crippen MR) is 115 cm³/mol. The molecular weight excluding hydrogens is 380 g/mol. The third-order valence-electron chi connectivity index (χ3n) is 4.89. The van der Waals surface area contributed by atoms with Crippen LogP contribution in [0.3, 0.4) is 0 Å². The van der Waals surface area contributed by atoms with E-state index < -0.39 is 18.0 Å². The van der Waals surface area contributed by atoms with E-state index in [0.29, 0.717) is 17.0 Å². The molecular formula is C24H28N2O4. The van der Waals surface area contributed by atoms with E-state index in [2.05, 4.69) is 31.4 Å². The van der Waals surface area contributed by atoms with Crippen molar-refractivity contribution >= 4 is 12.0 Å². The number of ether oxygens (including phenoxy) is 2. The minimum Gasteiger partial charge on any atom is -0.487 e. The molecule has 0 aromatic heterocycles. The number of hydrogen-bond acceptors (Lipinski definition) is 4. The van der Waals surface area contributed by atoms with Crippen molar-refractivity contribution in [3.8, 4) is 5.75 Å². The predicted octanol–water partition coefficient (Wildman–Crippen LogP) is 4.23. The molecule has 0 saturated heterocycles. The molecule has 1 aliphatic heterocycles. The number of carbonyl (C=O) groups excluding carboxylic acids is 2. The van der Waals surface area contributed by atoms with Gasteiger partial charge in [0.2, 0.25) is 0 Å². The second kappa shape index (κ2) is 9.03. The van der Waals surface area contributed by atoms with Crippen LogP contribution in [0.25, 0.3) is 0 Å². The van der Waals surface area contributed by atoms with Crippen molar-refractivity contribution in [1.29, 1.82) is 0 Å². The zero-order chi connectivity index (χ0) is 21.7. The first-order chi connectivity index (χ1) is 14.3. The third-order valence-corrected chi connectivity index (χ3v) is 4.89. The Morgan fingerprint density at radius 2 is 1.70 bits per heavy atom. The van der Waals surface area contributed by atoms with Gasteiger partial charge in [-0.15, -0.1) is 0 Å². The fraction of sp³-hybridized carbons (Fsp3) is 0.333. The standard InChI is InChI=1S/C24H28N2O4/c1-5-29-22(27)20-19(15-30-18-13-11-17(12-14-18)24(2,3)4)25-23(28)26-21(20)16-9-7-6-8-10-16/h6-14,21H,5,15H2,1-4H3,(H2,25,26,28)/t21-/m1/s1. The van der Waals surface area contributed by atoms with Gasteiger partial charge in [-0.25, -0.2) is 9.59 Å². The molecule has 1 heterocycles. The molecule has 3 rings (SSSR count). The Kier molecular flexibility index (Phi) is 6.45. The highest BCUT2D eigenvalue weighted by Crippen LogP contribution is 2.29. The number of nitrogens with one attached hydrogen (secondary N) is 2. The van der Waals surface area contributed by atoms with Gasteiger partial charge in [0.05, 0.1) is 23.9 Å². The van der Waals surface area contributed by atoms with E-state index >= 15 is 0 Å². The van der Waals surface area contributed by atoms with Crippen LogP contribution < -0.4 is 15.4 Å². The highest BCUT2D eigenvalue weighted by Gasteiger charge is 2.33. The maximum absolute atomic E-state index is 12.7. The zero-order valence-electron chi connectivity index (χ0n) is 17.8. The number of hydrogen-bond donors (Lipinski definition) is 2. The Hall–Kier alpha value is -3.28. The van der Waals surface area contributed by atoms with Crippen LogP contribution >= 0.6 is 0 Å². The Balaban J connectivity index is 1.89. The van der Waals surface area contributed by atoms with E-state index in [1.165, 1.54) is 5.56 Å². The molecule has 1 atom stereocenters. The van der Waals surface area contributed by atoms with Crippen molar-refractivity contribution in [2.24, 2.45) is 0 Å². The van der Waals surface area contributed by atoms with Crippen molar-refractivity contribution < 1.29 is 19.1 Å². The smallest absolute Gasteiger partial charge is 0.338 e. The summed E-state index contributed by atoms with van der Waals surface area (Å²) in [5.74, 6) is 0.170. The van der Waals surface area contributed by atoms with Crippen LogP contribution in [0.4, 0.5) is 4.79 Å². The number of urea groups is 1. The van der Waals surface area contributed by atoms with Crippen LogP contribution in [-0.2, 0) is 14.9 Å². The van der Waals surface area contributed by atoms with E-state index in [4.69, 9.17) is 9.47 Å². The van der Waals surface area contributed by atoms with E-state index in [9.17, 15) is 9.59 Å². The molecule has 2 N–H and O–H groups in total. The van der Waals surface area contributed by atoms with Gasteiger partial charge < -0.3 is 20.1 Å². The van der Waals surface area contributed by atoms with Gasteiger partial charge in [-0.05, 0) is 35.6 Å². The molecule has 0 unspecified atom stereocenters. The Bertz CT molecular complexity index is 928. The molecule has 0 aliphatic carbocycles. The second-order valence-corrected chi connectivity index (χ2v) is 8.12. The molecule has 0 fully saturated rings. The van der Waals surface area contributed by atoms with E-state index in [0.717, 1.165) is 5.56 Å². The van der Waals surface area contributed by atoms with Crippen LogP contribution in [0.15, 0.2) is 65.9 Å². The monoisotopic (exact) mass is 408 g/mol. The van der Waals surface area contributed by atoms with Crippen molar-refractivity contribution in [1.82, 2.24) is 10.6 Å². The average Bonchev–Trinajstić information content (AvgIpc) is 2.72. The van der Waals surface area contributed by atoms with Gasteiger partial charge in [0.25, 0.3) is 0 Å². The Morgan fingerprint density at radius 3 is 2.30 bits per heavy atom. The van der Waals surface area contributed by atoms with Gasteiger partial charge >= 0.3 is 12.0 Å². The van der Waals surface area contributed by atoms with Gasteiger partial charge in [0.1, 0.15) is 12.4 Å². The van der Waals surface area contributed by atoms with Crippen molar-refractivity contribution in [2.75, 3.05) is 13.2 Å². The molecule has 2 aromatic carbocycles. The summed E-state index contributed by atoms with van der Waals surface area (Å²) >= 11 is 0. The van der Waals surface area contributed by atoms with Crippen LogP contribution in [0.5, 0.6) is 5.75 Å². The average molecular weight is 408 g/mol. The first kappa shape index (κ1) is 21.4.